The molecule has 2 aromatic rings. The van der Waals surface area contributed by atoms with E-state index in [1.165, 1.54) is 12.1 Å². The second kappa shape index (κ2) is 9.49. The van der Waals surface area contributed by atoms with Crippen LogP contribution >= 0.6 is 12.2 Å². The van der Waals surface area contributed by atoms with Crippen molar-refractivity contribution in [1.29, 1.82) is 0 Å². The lowest BCUT2D eigenvalue weighted by Gasteiger charge is -2.32. The van der Waals surface area contributed by atoms with Gasteiger partial charge in [0, 0.05) is 22.9 Å². The van der Waals surface area contributed by atoms with E-state index >= 15 is 0 Å². The number of guanidine groups is 1. The lowest BCUT2D eigenvalue weighted by atomic mass is 9.96. The number of benzene rings is 1. The number of pyridine rings is 1. The van der Waals surface area contributed by atoms with E-state index in [2.05, 4.69) is 9.98 Å². The van der Waals surface area contributed by atoms with Crippen molar-refractivity contribution in [3.63, 3.8) is 0 Å². The van der Waals surface area contributed by atoms with Gasteiger partial charge < -0.3 is 22.2 Å². The molecule has 3 rings (SSSR count). The number of aromatic nitrogens is 1. The molecule has 0 spiro atoms. The van der Waals surface area contributed by atoms with Crippen molar-refractivity contribution in [2.75, 3.05) is 0 Å². The lowest BCUT2D eigenvalue weighted by Crippen LogP contribution is -2.48. The van der Waals surface area contributed by atoms with E-state index in [4.69, 9.17) is 29.4 Å². The van der Waals surface area contributed by atoms with Gasteiger partial charge in [-0.2, -0.15) is 4.99 Å². The summed E-state index contributed by atoms with van der Waals surface area (Å²) in [7, 11) is -4.44. The second-order valence-electron chi connectivity index (χ2n) is 7.40. The first kappa shape index (κ1) is 23.4. The van der Waals surface area contributed by atoms with Gasteiger partial charge in [-0.05, 0) is 37.1 Å². The Morgan fingerprint density at radius 1 is 1.06 bits per heavy atom. The minimum atomic E-state index is -4.44. The van der Waals surface area contributed by atoms with E-state index in [-0.39, 0.29) is 20.7 Å². The molecule has 0 radical (unpaired) electrons. The van der Waals surface area contributed by atoms with E-state index in [0.717, 1.165) is 29.6 Å². The molecule has 1 aliphatic carbocycles. The van der Waals surface area contributed by atoms with Crippen LogP contribution < -0.4 is 17.2 Å². The largest absolute Gasteiger partial charge is 0.370 e. The number of carbonyl (C=O) groups is 2. The van der Waals surface area contributed by atoms with Crippen LogP contribution in [0, 0.1) is 4.64 Å². The fourth-order valence-corrected chi connectivity index (χ4v) is 5.85. The van der Waals surface area contributed by atoms with Gasteiger partial charge in [-0.1, -0.05) is 37.5 Å². The number of nitrogens with two attached hydrogens (primary N) is 3. The first-order chi connectivity index (χ1) is 15.1. The fraction of sp³-hybridized carbons (Fsp3) is 0.300. The average Bonchev–Trinajstić information content (AvgIpc) is 2.73. The van der Waals surface area contributed by atoms with Crippen molar-refractivity contribution in [2.45, 2.75) is 43.0 Å². The van der Waals surface area contributed by atoms with Gasteiger partial charge in [-0.25, -0.2) is 17.5 Å². The molecule has 0 saturated heterocycles. The van der Waals surface area contributed by atoms with Gasteiger partial charge in [0.05, 0.1) is 10.9 Å². The zero-order valence-electron chi connectivity index (χ0n) is 17.2. The molecule has 0 unspecified atom stereocenters. The molecule has 32 heavy (non-hydrogen) atoms. The summed E-state index contributed by atoms with van der Waals surface area (Å²) in [5.41, 5.74) is 16.7. The second-order valence-corrected chi connectivity index (χ2v) is 9.59. The smallest absolute Gasteiger partial charge is 0.328 e. The highest BCUT2D eigenvalue weighted by atomic mass is 32.2. The van der Waals surface area contributed by atoms with Crippen LogP contribution in [0.4, 0.5) is 4.79 Å². The zero-order valence-corrected chi connectivity index (χ0v) is 18.8. The molecule has 0 bridgehead atoms. The maximum atomic E-state index is 13.8. The van der Waals surface area contributed by atoms with Crippen LogP contribution in [0.5, 0.6) is 0 Å². The van der Waals surface area contributed by atoms with Crippen LogP contribution in [-0.4, -0.2) is 41.6 Å². The van der Waals surface area contributed by atoms with Gasteiger partial charge in [0.25, 0.3) is 15.9 Å². The van der Waals surface area contributed by atoms with E-state index in [1.54, 1.807) is 18.3 Å². The summed E-state index contributed by atoms with van der Waals surface area (Å²) in [6.07, 6.45) is 5.14. The molecule has 1 aliphatic rings. The number of nitrogens with one attached hydrogen (secondary N) is 1. The Morgan fingerprint density at radius 2 is 1.75 bits per heavy atom. The van der Waals surface area contributed by atoms with Crippen molar-refractivity contribution < 1.29 is 18.0 Å². The maximum absolute atomic E-state index is 13.8. The third-order valence-electron chi connectivity index (χ3n) is 5.23. The summed E-state index contributed by atoms with van der Waals surface area (Å²) in [5.74, 6) is -1.29. The van der Waals surface area contributed by atoms with E-state index in [0.29, 0.717) is 18.4 Å². The van der Waals surface area contributed by atoms with E-state index < -0.39 is 34.0 Å². The maximum Gasteiger partial charge on any atom is 0.328 e. The van der Waals surface area contributed by atoms with Gasteiger partial charge in [-0.15, -0.1) is 0 Å². The van der Waals surface area contributed by atoms with E-state index in [9.17, 15) is 18.0 Å². The number of sulfonamides is 1. The van der Waals surface area contributed by atoms with Gasteiger partial charge in [0.15, 0.2) is 5.96 Å². The molecule has 0 atom stereocenters. The van der Waals surface area contributed by atoms with Crippen molar-refractivity contribution >= 4 is 40.1 Å². The number of aromatic amines is 1. The third kappa shape index (κ3) is 4.81. The van der Waals surface area contributed by atoms with Crippen LogP contribution in [-0.2, 0) is 10.0 Å². The molecule has 170 valence electrons. The van der Waals surface area contributed by atoms with Crippen LogP contribution in [0.25, 0.3) is 11.1 Å². The summed E-state index contributed by atoms with van der Waals surface area (Å²) >= 11 is 5.32. The van der Waals surface area contributed by atoms with Crippen molar-refractivity contribution in [2.24, 2.45) is 22.2 Å². The quantitative estimate of drug-likeness (QED) is 0.290. The highest BCUT2D eigenvalue weighted by Gasteiger charge is 2.37. The number of amides is 3. The predicted molar refractivity (Wildman–Crippen MR) is 123 cm³/mol. The molecule has 10 nitrogen and oxygen atoms in total. The Labute approximate surface area is 190 Å². The van der Waals surface area contributed by atoms with Crippen LogP contribution in [0.3, 0.4) is 0 Å². The average molecular weight is 477 g/mol. The van der Waals surface area contributed by atoms with E-state index in [1.807, 2.05) is 0 Å². The molecule has 1 fully saturated rings. The van der Waals surface area contributed by atoms with Gasteiger partial charge >= 0.3 is 6.03 Å². The molecule has 12 heteroatoms. The number of primary amides is 1. The Bertz CT molecular complexity index is 1230. The number of urea groups is 1. The molecule has 1 aromatic carbocycles. The molecule has 3 amide bonds. The number of carbonyl (C=O) groups excluding carboxylic acids is 2. The number of rotatable bonds is 5. The lowest BCUT2D eigenvalue weighted by molar-refractivity contribution is 0.100. The standard InChI is InChI=1S/C20H24N6O4S2/c21-19(22)25-17(27)12-8-9-14(15-7-4-10-24-18(15)31)16(11-12)32(29,30)26(20(23)28)13-5-2-1-3-6-13/h4,7-11,13H,1-3,5-6H2,(H2,23,28)(H,24,31)(H4,21,22,25,27). The van der Waals surface area contributed by atoms with Crippen LogP contribution in [0.1, 0.15) is 42.5 Å². The minimum Gasteiger partial charge on any atom is -0.370 e. The summed E-state index contributed by atoms with van der Waals surface area (Å²) in [4.78, 5) is 30.7. The third-order valence-corrected chi connectivity index (χ3v) is 7.46. The topological polar surface area (TPSA) is 178 Å². The van der Waals surface area contributed by atoms with Gasteiger partial charge in [0.1, 0.15) is 4.64 Å². The number of nitrogens with zero attached hydrogens (tertiary/aromatic N) is 2. The summed E-state index contributed by atoms with van der Waals surface area (Å²) < 4.78 is 28.5. The summed E-state index contributed by atoms with van der Waals surface area (Å²) in [6, 6.07) is 5.61. The van der Waals surface area contributed by atoms with Crippen LogP contribution in [0.15, 0.2) is 46.4 Å². The van der Waals surface area contributed by atoms with Crippen LogP contribution in [0.2, 0.25) is 0 Å². The monoisotopic (exact) mass is 476 g/mol. The molecular formula is C20H24N6O4S2. The normalized spacial score (nSPS) is 14.5. The number of aliphatic imine (C=N–C) groups is 1. The molecule has 1 heterocycles. The number of hydrogen-bond acceptors (Lipinski definition) is 5. The molecule has 1 saturated carbocycles. The predicted octanol–water partition coefficient (Wildman–Crippen LogP) is 2.23. The molecular weight excluding hydrogens is 452 g/mol. The molecule has 7 N–H and O–H groups in total. The summed E-state index contributed by atoms with van der Waals surface area (Å²) in [5, 5.41) is 0. The SMILES string of the molecule is NC(=O)N(C1CCCCC1)S(=O)(=O)c1cc(C(=O)N=C(N)N)ccc1-c1ccc[nH]c1=S. The number of hydrogen-bond donors (Lipinski definition) is 4. The Balaban J connectivity index is 2.25. The Hall–Kier alpha value is -3.25. The Kier molecular flexibility index (Phi) is 6.94. The highest BCUT2D eigenvalue weighted by Crippen LogP contribution is 2.34. The van der Waals surface area contributed by atoms with Crippen molar-refractivity contribution in [1.82, 2.24) is 9.29 Å². The van der Waals surface area contributed by atoms with Gasteiger partial charge in [0.2, 0.25) is 0 Å². The summed E-state index contributed by atoms with van der Waals surface area (Å²) in [6.45, 7) is 0. The molecule has 1 aromatic heterocycles. The number of H-pyrrole nitrogens is 1. The first-order valence-electron chi connectivity index (χ1n) is 9.93. The first-order valence-corrected chi connectivity index (χ1v) is 11.8. The highest BCUT2D eigenvalue weighted by molar-refractivity contribution is 7.89. The molecule has 0 aliphatic heterocycles. The van der Waals surface area contributed by atoms with Gasteiger partial charge in [-0.3, -0.25) is 4.79 Å². The van der Waals surface area contributed by atoms with Crippen molar-refractivity contribution in [3.8, 4) is 11.1 Å². The van der Waals surface area contributed by atoms with Crippen molar-refractivity contribution in [3.05, 3.63) is 46.7 Å². The Morgan fingerprint density at radius 3 is 2.34 bits per heavy atom. The fourth-order valence-electron chi connectivity index (χ4n) is 3.82. The minimum absolute atomic E-state index is 0.0698. The zero-order chi connectivity index (χ0) is 23.5.